The Morgan fingerprint density at radius 1 is 1.14 bits per heavy atom. The molecular weight excluding hydrogens is 394 g/mol. The molecule has 1 aromatic heterocycles. The van der Waals surface area contributed by atoms with Gasteiger partial charge in [0.05, 0.1) is 5.56 Å². The molecule has 28 heavy (non-hydrogen) atoms. The Labute approximate surface area is 171 Å². The molecule has 0 aliphatic carbocycles. The average Bonchev–Trinajstić information content (AvgIpc) is 2.67. The zero-order chi connectivity index (χ0) is 19.7. The van der Waals surface area contributed by atoms with Gasteiger partial charge in [-0.1, -0.05) is 59.8 Å². The van der Waals surface area contributed by atoms with Gasteiger partial charge in [0.2, 0.25) is 5.91 Å². The summed E-state index contributed by atoms with van der Waals surface area (Å²) in [6.07, 6.45) is 0.236. The van der Waals surface area contributed by atoms with Crippen LogP contribution in [0.3, 0.4) is 0 Å². The number of amides is 1. The molecule has 0 saturated carbocycles. The van der Waals surface area contributed by atoms with Gasteiger partial charge in [-0.05, 0) is 35.7 Å². The number of thioether (sulfide) groups is 1. The van der Waals surface area contributed by atoms with Crippen LogP contribution in [0.5, 0.6) is 0 Å². The van der Waals surface area contributed by atoms with E-state index in [0.717, 1.165) is 16.7 Å². The molecule has 2 heterocycles. The van der Waals surface area contributed by atoms with Gasteiger partial charge >= 0.3 is 0 Å². The summed E-state index contributed by atoms with van der Waals surface area (Å²) >= 11 is 7.32. The van der Waals surface area contributed by atoms with E-state index >= 15 is 0 Å². The molecule has 0 spiro atoms. The van der Waals surface area contributed by atoms with Crippen LogP contribution in [-0.2, 0) is 10.5 Å². The van der Waals surface area contributed by atoms with Crippen LogP contribution in [0.25, 0.3) is 0 Å². The van der Waals surface area contributed by atoms with Crippen molar-refractivity contribution in [3.8, 4) is 0 Å². The maximum absolute atomic E-state index is 12.9. The van der Waals surface area contributed by atoms with Crippen molar-refractivity contribution >= 4 is 35.1 Å². The summed E-state index contributed by atoms with van der Waals surface area (Å²) in [6.45, 7) is 1.99. The summed E-state index contributed by atoms with van der Waals surface area (Å²) in [6, 6.07) is 15.3. The van der Waals surface area contributed by atoms with Gasteiger partial charge in [0.25, 0.3) is 5.56 Å². The van der Waals surface area contributed by atoms with E-state index in [1.807, 2.05) is 55.5 Å². The number of hydrogen-bond donors (Lipinski definition) is 2. The summed E-state index contributed by atoms with van der Waals surface area (Å²) in [5.41, 5.74) is 3.40. The average molecular weight is 412 g/mol. The van der Waals surface area contributed by atoms with E-state index < -0.39 is 0 Å². The zero-order valence-corrected chi connectivity index (χ0v) is 16.7. The number of carbonyl (C=O) groups is 1. The lowest BCUT2D eigenvalue weighted by atomic mass is 9.84. The quantitative estimate of drug-likeness (QED) is 0.489. The second-order valence-corrected chi connectivity index (χ2v) is 8.11. The Bertz CT molecular complexity index is 1100. The van der Waals surface area contributed by atoms with Gasteiger partial charge < -0.3 is 10.3 Å². The minimum atomic E-state index is -0.295. The number of H-pyrrole nitrogens is 1. The van der Waals surface area contributed by atoms with Crippen LogP contribution in [-0.4, -0.2) is 15.9 Å². The first kappa shape index (κ1) is 18.8. The highest BCUT2D eigenvalue weighted by molar-refractivity contribution is 7.98. The fourth-order valence-electron chi connectivity index (χ4n) is 3.39. The molecule has 0 saturated heterocycles. The van der Waals surface area contributed by atoms with Crippen molar-refractivity contribution < 1.29 is 4.79 Å². The number of aromatic nitrogens is 2. The van der Waals surface area contributed by atoms with Gasteiger partial charge in [0.15, 0.2) is 5.16 Å². The molecule has 1 unspecified atom stereocenters. The summed E-state index contributed by atoms with van der Waals surface area (Å²) in [4.78, 5) is 32.5. The molecular formula is C21H18ClN3O2S. The second kappa shape index (κ2) is 7.81. The van der Waals surface area contributed by atoms with E-state index in [1.54, 1.807) is 0 Å². The summed E-state index contributed by atoms with van der Waals surface area (Å²) < 4.78 is 0. The predicted molar refractivity (Wildman–Crippen MR) is 112 cm³/mol. The number of rotatable bonds is 4. The third-order valence-corrected chi connectivity index (χ3v) is 5.98. The summed E-state index contributed by atoms with van der Waals surface area (Å²) in [7, 11) is 0. The smallest absolute Gasteiger partial charge is 0.257 e. The molecule has 5 nitrogen and oxygen atoms in total. The van der Waals surface area contributed by atoms with Crippen LogP contribution in [0.15, 0.2) is 58.5 Å². The van der Waals surface area contributed by atoms with Crippen molar-refractivity contribution in [1.82, 2.24) is 9.97 Å². The van der Waals surface area contributed by atoms with E-state index in [4.69, 9.17) is 11.6 Å². The molecule has 1 amide bonds. The molecule has 0 bridgehead atoms. The number of carbonyl (C=O) groups excluding carboxylic acids is 1. The molecule has 7 heteroatoms. The number of anilines is 1. The Morgan fingerprint density at radius 2 is 1.89 bits per heavy atom. The van der Waals surface area contributed by atoms with Crippen LogP contribution in [0, 0.1) is 6.92 Å². The first-order chi connectivity index (χ1) is 13.5. The third-order valence-electron chi connectivity index (χ3n) is 4.78. The topological polar surface area (TPSA) is 74.8 Å². The molecule has 1 atom stereocenters. The highest BCUT2D eigenvalue weighted by Gasteiger charge is 2.31. The third kappa shape index (κ3) is 3.84. The standard InChI is InChI=1S/C21H18ClN3O2S/c1-12-4-2-3-5-15(12)16-10-17(26)23-19-18(16)20(27)25-21(24-19)28-11-13-6-8-14(22)9-7-13/h2-9,16H,10-11H2,1H3,(H2,23,24,25,26,27). The number of nitrogens with zero attached hydrogens (tertiary/aromatic N) is 1. The lowest BCUT2D eigenvalue weighted by Gasteiger charge is -2.25. The number of hydrogen-bond acceptors (Lipinski definition) is 4. The minimum absolute atomic E-state index is 0.132. The van der Waals surface area contributed by atoms with Crippen molar-refractivity contribution in [3.05, 3.63) is 86.2 Å². The molecule has 3 aromatic rings. The van der Waals surface area contributed by atoms with Crippen LogP contribution in [0.1, 0.15) is 34.6 Å². The van der Waals surface area contributed by atoms with Gasteiger partial charge in [-0.3, -0.25) is 9.59 Å². The van der Waals surface area contributed by atoms with E-state index in [1.165, 1.54) is 11.8 Å². The first-order valence-corrected chi connectivity index (χ1v) is 10.2. The number of nitrogens with one attached hydrogen (secondary N) is 2. The molecule has 1 aliphatic rings. The van der Waals surface area contributed by atoms with Crippen LogP contribution >= 0.6 is 23.4 Å². The number of fused-ring (bicyclic) bond motifs is 1. The Balaban J connectivity index is 1.66. The summed E-state index contributed by atoms with van der Waals surface area (Å²) in [5, 5.41) is 3.92. The summed E-state index contributed by atoms with van der Waals surface area (Å²) in [5.74, 6) is 0.560. The van der Waals surface area contributed by atoms with E-state index in [2.05, 4.69) is 15.3 Å². The minimum Gasteiger partial charge on any atom is -0.310 e. The highest BCUT2D eigenvalue weighted by Crippen LogP contribution is 2.36. The fourth-order valence-corrected chi connectivity index (χ4v) is 4.34. The maximum Gasteiger partial charge on any atom is 0.257 e. The van der Waals surface area contributed by atoms with Crippen LogP contribution < -0.4 is 10.9 Å². The van der Waals surface area contributed by atoms with E-state index in [-0.39, 0.29) is 23.8 Å². The molecule has 1 aliphatic heterocycles. The maximum atomic E-state index is 12.9. The number of aryl methyl sites for hydroxylation is 1. The van der Waals surface area contributed by atoms with Gasteiger partial charge in [0, 0.05) is 23.1 Å². The highest BCUT2D eigenvalue weighted by atomic mass is 35.5. The van der Waals surface area contributed by atoms with Gasteiger partial charge in [-0.15, -0.1) is 0 Å². The molecule has 0 fully saturated rings. The first-order valence-electron chi connectivity index (χ1n) is 8.88. The van der Waals surface area contributed by atoms with E-state index in [0.29, 0.717) is 27.3 Å². The normalized spacial score (nSPS) is 15.8. The number of aromatic amines is 1. The van der Waals surface area contributed by atoms with Crippen LogP contribution in [0.4, 0.5) is 5.82 Å². The Morgan fingerprint density at radius 3 is 2.64 bits per heavy atom. The van der Waals surface area contributed by atoms with E-state index in [9.17, 15) is 9.59 Å². The molecule has 2 aromatic carbocycles. The molecule has 4 rings (SSSR count). The Kier molecular flexibility index (Phi) is 5.24. The fraction of sp³-hybridized carbons (Fsp3) is 0.190. The lowest BCUT2D eigenvalue weighted by Crippen LogP contribution is -2.31. The lowest BCUT2D eigenvalue weighted by molar-refractivity contribution is -0.116. The largest absolute Gasteiger partial charge is 0.310 e. The second-order valence-electron chi connectivity index (χ2n) is 6.71. The number of benzene rings is 2. The van der Waals surface area contributed by atoms with Gasteiger partial charge in [-0.25, -0.2) is 4.98 Å². The van der Waals surface area contributed by atoms with Crippen LogP contribution in [0.2, 0.25) is 5.02 Å². The Hall–Kier alpha value is -2.57. The van der Waals surface area contributed by atoms with Gasteiger partial charge in [-0.2, -0.15) is 0 Å². The van der Waals surface area contributed by atoms with Gasteiger partial charge in [0.1, 0.15) is 5.82 Å². The SMILES string of the molecule is Cc1ccccc1C1CC(=O)Nc2nc(SCc3ccc(Cl)cc3)[nH]c(=O)c21. The van der Waals surface area contributed by atoms with Crippen molar-refractivity contribution in [2.45, 2.75) is 30.2 Å². The monoisotopic (exact) mass is 411 g/mol. The van der Waals surface area contributed by atoms with Crippen molar-refractivity contribution in [2.75, 3.05) is 5.32 Å². The molecule has 2 N–H and O–H groups in total. The zero-order valence-electron chi connectivity index (χ0n) is 15.2. The number of halogens is 1. The molecule has 142 valence electrons. The predicted octanol–water partition coefficient (Wildman–Crippen LogP) is 4.50. The van der Waals surface area contributed by atoms with Crippen molar-refractivity contribution in [2.24, 2.45) is 0 Å². The van der Waals surface area contributed by atoms with Crippen molar-refractivity contribution in [1.29, 1.82) is 0 Å². The van der Waals surface area contributed by atoms with Crippen molar-refractivity contribution in [3.63, 3.8) is 0 Å². The molecule has 0 radical (unpaired) electrons.